The highest BCUT2D eigenvalue weighted by atomic mass is 19.1. The van der Waals surface area contributed by atoms with Crippen LogP contribution in [0.25, 0.3) is 11.3 Å². The molecule has 1 aliphatic rings. The average Bonchev–Trinajstić information content (AvgIpc) is 3.15. The fourth-order valence-corrected chi connectivity index (χ4v) is 3.36. The minimum Gasteiger partial charge on any atom is -0.466 e. The number of halogens is 1. The van der Waals surface area contributed by atoms with Gasteiger partial charge in [-0.2, -0.15) is 0 Å². The third-order valence-corrected chi connectivity index (χ3v) is 4.78. The summed E-state index contributed by atoms with van der Waals surface area (Å²) < 4.78 is 24.6. The number of hydrogen-bond donors (Lipinski definition) is 0. The van der Waals surface area contributed by atoms with E-state index in [1.807, 2.05) is 0 Å². The van der Waals surface area contributed by atoms with Gasteiger partial charge < -0.3 is 14.1 Å². The summed E-state index contributed by atoms with van der Waals surface area (Å²) in [5, 5.41) is 0. The predicted molar refractivity (Wildman–Crippen MR) is 98.4 cm³/mol. The molecule has 0 saturated carbocycles. The van der Waals surface area contributed by atoms with Gasteiger partial charge in [0.2, 0.25) is 5.91 Å². The molecule has 27 heavy (non-hydrogen) atoms. The lowest BCUT2D eigenvalue weighted by molar-refractivity contribution is -0.151. The molecular formula is C21H24FNO4. The zero-order chi connectivity index (χ0) is 19.2. The molecule has 0 radical (unpaired) electrons. The number of nitrogens with zero attached hydrogens (tertiary/aromatic N) is 1. The van der Waals surface area contributed by atoms with E-state index in [2.05, 4.69) is 0 Å². The molecule has 1 atom stereocenters. The molecule has 0 aliphatic carbocycles. The fourth-order valence-electron chi connectivity index (χ4n) is 3.36. The molecule has 6 heteroatoms. The van der Waals surface area contributed by atoms with Crippen molar-refractivity contribution in [1.82, 2.24) is 4.90 Å². The maximum Gasteiger partial charge on any atom is 0.310 e. The summed E-state index contributed by atoms with van der Waals surface area (Å²) in [5.41, 5.74) is 0.406. The lowest BCUT2D eigenvalue weighted by Crippen LogP contribution is -2.42. The molecule has 1 aliphatic heterocycles. The Bertz CT molecular complexity index is 801. The monoisotopic (exact) mass is 373 g/mol. The smallest absolute Gasteiger partial charge is 0.310 e. The third-order valence-electron chi connectivity index (χ3n) is 4.78. The van der Waals surface area contributed by atoms with Gasteiger partial charge in [0.15, 0.2) is 0 Å². The van der Waals surface area contributed by atoms with Crippen LogP contribution in [0.15, 0.2) is 40.8 Å². The predicted octanol–water partition coefficient (Wildman–Crippen LogP) is 3.82. The lowest BCUT2D eigenvalue weighted by atomic mass is 9.98. The number of hydrogen-bond acceptors (Lipinski definition) is 4. The van der Waals surface area contributed by atoms with Crippen molar-refractivity contribution in [2.45, 2.75) is 32.6 Å². The molecule has 1 amide bonds. The fraction of sp³-hybridized carbons (Fsp3) is 0.429. The summed E-state index contributed by atoms with van der Waals surface area (Å²) in [5.74, 6) is 0.284. The van der Waals surface area contributed by atoms with Gasteiger partial charge >= 0.3 is 5.97 Å². The second kappa shape index (κ2) is 8.84. The van der Waals surface area contributed by atoms with Crippen molar-refractivity contribution < 1.29 is 23.1 Å². The molecule has 144 valence electrons. The standard InChI is InChI=1S/C21H24FNO4/c1-2-26-21(25)15-6-5-13-23(14-15)20(24)12-10-16-9-11-19(27-16)17-7-3-4-8-18(17)22/h3-4,7-9,11,15H,2,5-6,10,12-14H2,1H3. The number of likely N-dealkylation sites (tertiary alicyclic amines) is 1. The Labute approximate surface area is 158 Å². The molecule has 1 fully saturated rings. The van der Waals surface area contributed by atoms with Crippen LogP contribution in [0.2, 0.25) is 0 Å². The van der Waals surface area contributed by atoms with Gasteiger partial charge in [-0.05, 0) is 44.0 Å². The Kier molecular flexibility index (Phi) is 6.27. The molecule has 2 aromatic rings. The SMILES string of the molecule is CCOC(=O)C1CCCN(C(=O)CCc2ccc(-c3ccccc3F)o2)C1. The average molecular weight is 373 g/mol. The number of aryl methyl sites for hydroxylation is 1. The van der Waals surface area contributed by atoms with Gasteiger partial charge in [0.1, 0.15) is 17.3 Å². The summed E-state index contributed by atoms with van der Waals surface area (Å²) in [6, 6.07) is 9.91. The third kappa shape index (κ3) is 4.76. The van der Waals surface area contributed by atoms with Crippen LogP contribution in [-0.2, 0) is 20.7 Å². The Morgan fingerprint density at radius 1 is 1.26 bits per heavy atom. The first kappa shape index (κ1) is 19.1. The summed E-state index contributed by atoms with van der Waals surface area (Å²) in [6.45, 7) is 3.21. The number of furan rings is 1. The molecule has 3 rings (SSSR count). The maximum absolute atomic E-state index is 13.8. The van der Waals surface area contributed by atoms with Gasteiger partial charge in [0.05, 0.1) is 18.1 Å². The van der Waals surface area contributed by atoms with E-state index < -0.39 is 0 Å². The van der Waals surface area contributed by atoms with Gasteiger partial charge in [-0.15, -0.1) is 0 Å². The van der Waals surface area contributed by atoms with Crippen molar-refractivity contribution in [3.8, 4) is 11.3 Å². The normalized spacial score (nSPS) is 17.0. The molecule has 0 spiro atoms. The highest BCUT2D eigenvalue weighted by Gasteiger charge is 2.29. The van der Waals surface area contributed by atoms with Crippen LogP contribution >= 0.6 is 0 Å². The van der Waals surface area contributed by atoms with Gasteiger partial charge in [-0.1, -0.05) is 12.1 Å². The molecule has 1 unspecified atom stereocenters. The van der Waals surface area contributed by atoms with Crippen LogP contribution in [0.4, 0.5) is 4.39 Å². The molecule has 2 heterocycles. The first-order valence-corrected chi connectivity index (χ1v) is 9.36. The van der Waals surface area contributed by atoms with Crippen LogP contribution in [0.5, 0.6) is 0 Å². The van der Waals surface area contributed by atoms with Crippen molar-refractivity contribution in [3.05, 3.63) is 48.0 Å². The van der Waals surface area contributed by atoms with E-state index in [0.717, 1.165) is 12.8 Å². The van der Waals surface area contributed by atoms with Gasteiger partial charge in [0, 0.05) is 25.9 Å². The summed E-state index contributed by atoms with van der Waals surface area (Å²) in [6.07, 6.45) is 2.29. The van der Waals surface area contributed by atoms with E-state index in [1.54, 1.807) is 42.2 Å². The van der Waals surface area contributed by atoms with Crippen LogP contribution in [-0.4, -0.2) is 36.5 Å². The van der Waals surface area contributed by atoms with Crippen molar-refractivity contribution in [2.75, 3.05) is 19.7 Å². The van der Waals surface area contributed by atoms with E-state index >= 15 is 0 Å². The Hall–Kier alpha value is -2.63. The second-order valence-corrected chi connectivity index (χ2v) is 6.68. The van der Waals surface area contributed by atoms with E-state index in [9.17, 15) is 14.0 Å². The summed E-state index contributed by atoms with van der Waals surface area (Å²) in [4.78, 5) is 26.1. The topological polar surface area (TPSA) is 59.8 Å². The quantitative estimate of drug-likeness (QED) is 0.722. The first-order chi connectivity index (χ1) is 13.1. The van der Waals surface area contributed by atoms with Gasteiger partial charge in [-0.25, -0.2) is 4.39 Å². The largest absolute Gasteiger partial charge is 0.466 e. The highest BCUT2D eigenvalue weighted by molar-refractivity contribution is 5.78. The van der Waals surface area contributed by atoms with Crippen molar-refractivity contribution in [1.29, 1.82) is 0 Å². The number of carbonyl (C=O) groups is 2. The van der Waals surface area contributed by atoms with Crippen LogP contribution in [0, 0.1) is 11.7 Å². The maximum atomic E-state index is 13.8. The summed E-state index contributed by atoms with van der Waals surface area (Å²) >= 11 is 0. The van der Waals surface area contributed by atoms with E-state index in [4.69, 9.17) is 9.15 Å². The molecule has 0 bridgehead atoms. The Morgan fingerprint density at radius 2 is 2.07 bits per heavy atom. The van der Waals surface area contributed by atoms with Gasteiger partial charge in [0.25, 0.3) is 0 Å². The molecule has 1 saturated heterocycles. The number of rotatable bonds is 6. The number of piperidine rings is 1. The molecule has 5 nitrogen and oxygen atoms in total. The number of amides is 1. The minimum absolute atomic E-state index is 0.00663. The first-order valence-electron chi connectivity index (χ1n) is 9.36. The van der Waals surface area contributed by atoms with E-state index in [1.165, 1.54) is 6.07 Å². The van der Waals surface area contributed by atoms with Crippen LogP contribution in [0.3, 0.4) is 0 Å². The lowest BCUT2D eigenvalue weighted by Gasteiger charge is -2.31. The van der Waals surface area contributed by atoms with E-state index in [-0.39, 0.29) is 23.6 Å². The zero-order valence-electron chi connectivity index (χ0n) is 15.4. The highest BCUT2D eigenvalue weighted by Crippen LogP contribution is 2.25. The number of esters is 1. The van der Waals surface area contributed by atoms with Crippen molar-refractivity contribution in [2.24, 2.45) is 5.92 Å². The van der Waals surface area contributed by atoms with Crippen LogP contribution in [0.1, 0.15) is 31.9 Å². The Morgan fingerprint density at radius 3 is 2.85 bits per heavy atom. The minimum atomic E-state index is -0.340. The summed E-state index contributed by atoms with van der Waals surface area (Å²) in [7, 11) is 0. The Balaban J connectivity index is 1.55. The van der Waals surface area contributed by atoms with E-state index in [0.29, 0.717) is 49.6 Å². The second-order valence-electron chi connectivity index (χ2n) is 6.68. The molecule has 0 N–H and O–H groups in total. The molecule has 1 aromatic heterocycles. The number of carbonyl (C=O) groups excluding carboxylic acids is 2. The number of ether oxygens (including phenoxy) is 1. The molecular weight excluding hydrogens is 349 g/mol. The van der Waals surface area contributed by atoms with Crippen molar-refractivity contribution >= 4 is 11.9 Å². The van der Waals surface area contributed by atoms with Crippen molar-refractivity contribution in [3.63, 3.8) is 0 Å². The van der Waals surface area contributed by atoms with Gasteiger partial charge in [-0.3, -0.25) is 9.59 Å². The number of benzene rings is 1. The van der Waals surface area contributed by atoms with Crippen LogP contribution < -0.4 is 0 Å². The zero-order valence-corrected chi connectivity index (χ0v) is 15.4. The molecule has 1 aromatic carbocycles.